The van der Waals surface area contributed by atoms with E-state index in [1.165, 1.54) is 4.90 Å². The summed E-state index contributed by atoms with van der Waals surface area (Å²) in [5.41, 5.74) is -1.03. The Morgan fingerprint density at radius 2 is 1.58 bits per heavy atom. The van der Waals surface area contributed by atoms with Crippen molar-refractivity contribution in [2.45, 2.75) is 68.7 Å². The van der Waals surface area contributed by atoms with Gasteiger partial charge in [0.1, 0.15) is 5.82 Å². The molecule has 0 radical (unpaired) electrons. The summed E-state index contributed by atoms with van der Waals surface area (Å²) in [6.07, 6.45) is -4.26. The number of aromatic nitrogens is 3. The van der Waals surface area contributed by atoms with Crippen LogP contribution in [-0.2, 0) is 10.6 Å². The topological polar surface area (TPSA) is 112 Å². The van der Waals surface area contributed by atoms with Crippen molar-refractivity contribution in [2.75, 3.05) is 30.3 Å². The number of carboxylic acid groups (broad SMARTS) is 1. The van der Waals surface area contributed by atoms with Gasteiger partial charge < -0.3 is 19.4 Å². The smallest absolute Gasteiger partial charge is 0.417 e. The molecule has 1 fully saturated rings. The number of nitrogens with one attached hydrogen (secondary N) is 1. The molecule has 9 nitrogen and oxygen atoms in total. The summed E-state index contributed by atoms with van der Waals surface area (Å²) in [5.74, 6) is -0.175. The number of halogens is 4. The van der Waals surface area contributed by atoms with Crippen LogP contribution in [0.15, 0.2) is 101 Å². The Bertz CT molecular complexity index is 2140. The van der Waals surface area contributed by atoms with Crippen LogP contribution < -0.4 is 21.0 Å². The number of pyridine rings is 1. The second-order valence-electron chi connectivity index (χ2n) is 14.9. The standard InChI is InChI=1S/C40H43ClF3N5O4SSi/c1-25-21-48(22-26(2)49(25)38(51)52)36-30-20-31(40(42,43)44)33(41)35(34(30)46-37(50)47-36)54-24-27(32-18-12-13-19-45-32)23-53-55(39(3,4)5,28-14-8-6-9-15-28)29-16-10-7-11-17-29/h6-20,25-27H,21-24H2,1-5H3,(H,51,52)(H,46,47,50). The molecule has 3 unspecified atom stereocenters. The van der Waals surface area contributed by atoms with Gasteiger partial charge in [-0.15, -0.1) is 11.8 Å². The van der Waals surface area contributed by atoms with Gasteiger partial charge in [-0.3, -0.25) is 9.88 Å². The number of hydrogen-bond acceptors (Lipinski definition) is 7. The molecule has 290 valence electrons. The van der Waals surface area contributed by atoms with Crippen LogP contribution in [0.3, 0.4) is 0 Å². The van der Waals surface area contributed by atoms with Crippen LogP contribution in [0, 0.1) is 0 Å². The van der Waals surface area contributed by atoms with Crippen molar-refractivity contribution >= 4 is 64.9 Å². The Hall–Kier alpha value is -4.37. The predicted molar refractivity (Wildman–Crippen MR) is 215 cm³/mol. The largest absolute Gasteiger partial charge is 0.465 e. The summed E-state index contributed by atoms with van der Waals surface area (Å²) in [4.78, 5) is 39.6. The highest BCUT2D eigenvalue weighted by molar-refractivity contribution is 7.99. The van der Waals surface area contributed by atoms with E-state index in [1.54, 1.807) is 31.0 Å². The lowest BCUT2D eigenvalue weighted by Gasteiger charge is -2.43. The zero-order chi connectivity index (χ0) is 39.7. The Labute approximate surface area is 328 Å². The zero-order valence-electron chi connectivity index (χ0n) is 31.1. The number of alkyl halides is 3. The quantitative estimate of drug-likeness (QED) is 0.108. The number of H-pyrrole nitrogens is 1. The molecule has 1 amide bonds. The van der Waals surface area contributed by atoms with Gasteiger partial charge in [0, 0.05) is 48.6 Å². The first kappa shape index (κ1) is 40.3. The average Bonchev–Trinajstić information content (AvgIpc) is 3.13. The van der Waals surface area contributed by atoms with Gasteiger partial charge in [0.15, 0.2) is 0 Å². The lowest BCUT2D eigenvalue weighted by molar-refractivity contribution is -0.137. The number of hydrogen-bond donors (Lipinski definition) is 2. The molecule has 3 aromatic carbocycles. The molecule has 1 aliphatic heterocycles. The van der Waals surface area contributed by atoms with Crippen LogP contribution in [0.4, 0.5) is 23.8 Å². The highest BCUT2D eigenvalue weighted by Gasteiger charge is 2.50. The van der Waals surface area contributed by atoms with Crippen LogP contribution >= 0.6 is 23.4 Å². The fourth-order valence-electron chi connectivity index (χ4n) is 7.69. The SMILES string of the molecule is CC1CN(c2nc(=O)[nH]c3c(SCC(CO[Si](c4ccccc4)(c4ccccc4)C(C)(C)C)c4ccccn4)c(Cl)c(C(F)(F)F)cc23)CC(C)N1C(=O)O. The maximum Gasteiger partial charge on any atom is 0.417 e. The number of amides is 1. The summed E-state index contributed by atoms with van der Waals surface area (Å²) in [5, 5.41) is 11.1. The van der Waals surface area contributed by atoms with Crippen LogP contribution in [0.1, 0.15) is 51.8 Å². The fourth-order valence-corrected chi connectivity index (χ4v) is 13.9. The highest BCUT2D eigenvalue weighted by Crippen LogP contribution is 2.46. The molecule has 2 N–H and O–H groups in total. The number of anilines is 1. The summed E-state index contributed by atoms with van der Waals surface area (Å²) in [6.45, 7) is 10.4. The van der Waals surface area contributed by atoms with E-state index in [-0.39, 0.29) is 52.1 Å². The number of nitrogens with zero attached hydrogens (tertiary/aromatic N) is 4. The fraction of sp³-hybridized carbons (Fsp3) is 0.350. The molecule has 15 heteroatoms. The second-order valence-corrected chi connectivity index (χ2v) is 20.6. The summed E-state index contributed by atoms with van der Waals surface area (Å²) in [7, 11) is -3.01. The van der Waals surface area contributed by atoms with E-state index in [0.29, 0.717) is 5.69 Å². The third kappa shape index (κ3) is 8.14. The molecule has 0 aliphatic carbocycles. The monoisotopic (exact) mass is 809 g/mol. The molecule has 2 aromatic heterocycles. The van der Waals surface area contributed by atoms with Crippen LogP contribution in [0.5, 0.6) is 0 Å². The van der Waals surface area contributed by atoms with E-state index in [4.69, 9.17) is 16.0 Å². The van der Waals surface area contributed by atoms with Gasteiger partial charge >= 0.3 is 18.0 Å². The predicted octanol–water partition coefficient (Wildman–Crippen LogP) is 8.02. The van der Waals surface area contributed by atoms with Gasteiger partial charge in [-0.25, -0.2) is 9.59 Å². The van der Waals surface area contributed by atoms with Gasteiger partial charge in [-0.05, 0) is 47.5 Å². The van der Waals surface area contributed by atoms with Crippen molar-refractivity contribution in [1.29, 1.82) is 0 Å². The normalized spacial score (nSPS) is 17.4. The molecule has 0 bridgehead atoms. The Morgan fingerprint density at radius 1 is 1.00 bits per heavy atom. The molecular formula is C40H43ClF3N5O4SSi. The molecule has 0 spiro atoms. The maximum atomic E-state index is 14.7. The van der Waals surface area contributed by atoms with Crippen LogP contribution in [-0.4, -0.2) is 76.9 Å². The van der Waals surface area contributed by atoms with Crippen molar-refractivity contribution in [2.24, 2.45) is 0 Å². The first-order valence-electron chi connectivity index (χ1n) is 17.9. The molecular weight excluding hydrogens is 767 g/mol. The minimum absolute atomic E-state index is 0.0304. The number of thioether (sulfide) groups is 1. The summed E-state index contributed by atoms with van der Waals surface area (Å²) in [6, 6.07) is 25.7. The molecule has 1 saturated heterocycles. The first-order chi connectivity index (χ1) is 26.0. The van der Waals surface area contributed by atoms with E-state index < -0.39 is 54.9 Å². The number of carbonyl (C=O) groups is 1. The number of fused-ring (bicyclic) bond motifs is 1. The Balaban J connectivity index is 1.44. The third-order valence-electron chi connectivity index (χ3n) is 10.1. The number of rotatable bonds is 10. The minimum atomic E-state index is -4.83. The Kier molecular flexibility index (Phi) is 11.7. The molecule has 55 heavy (non-hydrogen) atoms. The van der Waals surface area contributed by atoms with E-state index in [1.807, 2.05) is 48.5 Å². The van der Waals surface area contributed by atoms with Crippen LogP contribution in [0.2, 0.25) is 10.1 Å². The molecule has 3 heterocycles. The molecule has 3 atom stereocenters. The van der Waals surface area contributed by atoms with E-state index in [0.717, 1.165) is 28.2 Å². The maximum absolute atomic E-state index is 14.7. The van der Waals surface area contributed by atoms with Gasteiger partial charge in [-0.2, -0.15) is 18.2 Å². The Morgan fingerprint density at radius 3 is 2.09 bits per heavy atom. The summed E-state index contributed by atoms with van der Waals surface area (Å²) >= 11 is 7.74. The molecule has 0 saturated carbocycles. The van der Waals surface area contributed by atoms with E-state index >= 15 is 0 Å². The number of benzene rings is 3. The second kappa shape index (κ2) is 16.0. The van der Waals surface area contributed by atoms with E-state index in [9.17, 15) is 27.9 Å². The lowest BCUT2D eigenvalue weighted by atomic mass is 10.1. The van der Waals surface area contributed by atoms with Gasteiger partial charge in [0.25, 0.3) is 8.32 Å². The summed E-state index contributed by atoms with van der Waals surface area (Å²) < 4.78 is 51.5. The van der Waals surface area contributed by atoms with Crippen molar-refractivity contribution in [3.8, 4) is 0 Å². The molecule has 5 aromatic rings. The molecule has 1 aliphatic rings. The van der Waals surface area contributed by atoms with Crippen LogP contribution in [0.25, 0.3) is 10.9 Å². The van der Waals surface area contributed by atoms with Gasteiger partial charge in [0.2, 0.25) is 0 Å². The third-order valence-corrected chi connectivity index (χ3v) is 16.9. The average molecular weight is 810 g/mol. The van der Waals surface area contributed by atoms with Crippen molar-refractivity contribution in [1.82, 2.24) is 19.9 Å². The van der Waals surface area contributed by atoms with Crippen molar-refractivity contribution in [3.63, 3.8) is 0 Å². The minimum Gasteiger partial charge on any atom is -0.465 e. The van der Waals surface area contributed by atoms with Crippen molar-refractivity contribution in [3.05, 3.63) is 118 Å². The van der Waals surface area contributed by atoms with E-state index in [2.05, 4.69) is 60.0 Å². The lowest BCUT2D eigenvalue weighted by Crippen LogP contribution is -2.66. The van der Waals surface area contributed by atoms with Crippen molar-refractivity contribution < 1.29 is 27.5 Å². The van der Waals surface area contributed by atoms with Gasteiger partial charge in [-0.1, -0.05) is 99.1 Å². The highest BCUT2D eigenvalue weighted by atomic mass is 35.5. The number of piperazine rings is 1. The van der Waals surface area contributed by atoms with Gasteiger partial charge in [0.05, 0.1) is 33.1 Å². The number of aromatic amines is 1. The first-order valence-corrected chi connectivity index (χ1v) is 21.2. The molecule has 6 rings (SSSR count). The zero-order valence-corrected chi connectivity index (χ0v) is 33.7.